The molecule has 3 aromatic rings. The molecule has 8 heteroatoms. The molecular weight excluding hydrogens is 632 g/mol. The first-order valence-corrected chi connectivity index (χ1v) is 19.3. The van der Waals surface area contributed by atoms with E-state index in [9.17, 15) is 9.59 Å². The fourth-order valence-electron chi connectivity index (χ4n) is 5.89. The first kappa shape index (κ1) is 41.1. The molecule has 3 rings (SSSR count). The summed E-state index contributed by atoms with van der Waals surface area (Å²) >= 11 is 0. The number of ether oxygens (including phenoxy) is 6. The average molecular weight is 695 g/mol. The third kappa shape index (κ3) is 14.5. The zero-order valence-electron chi connectivity index (χ0n) is 31.2. The molecule has 278 valence electrons. The lowest BCUT2D eigenvalue weighted by atomic mass is 10.0. The zero-order valence-corrected chi connectivity index (χ0v) is 31.2. The second-order valence-corrected chi connectivity index (χ2v) is 13.1. The van der Waals surface area contributed by atoms with Crippen LogP contribution in [0.15, 0.2) is 48.5 Å². The number of hydrogen-bond donors (Lipinski definition) is 0. The minimum absolute atomic E-state index is 0.157. The normalized spacial score (nSPS) is 12.6. The second kappa shape index (κ2) is 24.7. The largest absolute Gasteiger partial charge is 0.488 e. The molecule has 0 bridgehead atoms. The Morgan fingerprint density at radius 1 is 0.480 bits per heavy atom. The van der Waals surface area contributed by atoms with Gasteiger partial charge in [0.2, 0.25) is 0 Å². The third-order valence-electron chi connectivity index (χ3n) is 8.56. The molecule has 0 saturated carbocycles. The van der Waals surface area contributed by atoms with Gasteiger partial charge in [-0.3, -0.25) is 9.59 Å². The highest BCUT2D eigenvalue weighted by molar-refractivity contribution is 6.11. The van der Waals surface area contributed by atoms with E-state index in [4.69, 9.17) is 28.4 Å². The van der Waals surface area contributed by atoms with E-state index in [-0.39, 0.29) is 38.4 Å². The predicted octanol–water partition coefficient (Wildman–Crippen LogP) is 10.1. The van der Waals surface area contributed by atoms with Crippen LogP contribution in [0.2, 0.25) is 0 Å². The molecule has 0 fully saturated rings. The Bertz CT molecular complexity index is 1230. The maximum absolute atomic E-state index is 12.5. The van der Waals surface area contributed by atoms with Gasteiger partial charge in [0.25, 0.3) is 0 Å². The minimum atomic E-state index is -0.539. The predicted molar refractivity (Wildman–Crippen MR) is 201 cm³/mol. The van der Waals surface area contributed by atoms with Crippen LogP contribution in [0.25, 0.3) is 21.5 Å². The monoisotopic (exact) mass is 694 g/mol. The van der Waals surface area contributed by atoms with E-state index in [1.165, 1.54) is 38.5 Å². The van der Waals surface area contributed by atoms with Crippen molar-refractivity contribution in [2.45, 2.75) is 130 Å². The molecule has 0 spiro atoms. The summed E-state index contributed by atoms with van der Waals surface area (Å²) in [7, 11) is 0. The van der Waals surface area contributed by atoms with Gasteiger partial charge >= 0.3 is 11.9 Å². The molecule has 2 atom stereocenters. The summed E-state index contributed by atoms with van der Waals surface area (Å²) in [5, 5.41) is 3.50. The van der Waals surface area contributed by atoms with Crippen molar-refractivity contribution in [3.05, 3.63) is 48.5 Å². The topological polar surface area (TPSA) is 89.5 Å². The summed E-state index contributed by atoms with van der Waals surface area (Å²) in [5.74, 6) is 0.885. The van der Waals surface area contributed by atoms with Gasteiger partial charge in [-0.25, -0.2) is 0 Å². The van der Waals surface area contributed by atoms with E-state index in [0.717, 1.165) is 47.2 Å². The maximum atomic E-state index is 12.5. The van der Waals surface area contributed by atoms with Crippen LogP contribution in [0, 0.1) is 0 Å². The average Bonchev–Trinajstić information content (AvgIpc) is 3.12. The SMILES string of the molecule is CCCCCCCOCC(COc1c2ccccc2c(OCC(COCCCCCCC)OC(=O)CCC)c2ccccc12)OC(=O)CCC. The minimum Gasteiger partial charge on any atom is -0.488 e. The van der Waals surface area contributed by atoms with Gasteiger partial charge in [-0.2, -0.15) is 0 Å². The van der Waals surface area contributed by atoms with Crippen molar-refractivity contribution in [3.63, 3.8) is 0 Å². The Balaban J connectivity index is 1.79. The fourth-order valence-corrected chi connectivity index (χ4v) is 5.89. The second-order valence-electron chi connectivity index (χ2n) is 13.1. The molecule has 0 saturated heterocycles. The van der Waals surface area contributed by atoms with E-state index in [1.54, 1.807) is 0 Å². The Morgan fingerprint density at radius 3 is 1.18 bits per heavy atom. The molecule has 0 amide bonds. The number of benzene rings is 3. The number of esters is 2. The van der Waals surface area contributed by atoms with Crippen LogP contribution < -0.4 is 9.47 Å². The Kier molecular flexibility index (Phi) is 20.3. The summed E-state index contributed by atoms with van der Waals surface area (Å²) < 4.78 is 36.7. The van der Waals surface area contributed by atoms with Gasteiger partial charge in [-0.05, 0) is 25.7 Å². The Labute approximate surface area is 300 Å². The van der Waals surface area contributed by atoms with E-state index in [0.29, 0.717) is 50.4 Å². The Hall–Kier alpha value is -3.36. The van der Waals surface area contributed by atoms with Crippen LogP contribution in [-0.4, -0.2) is 63.8 Å². The zero-order chi connectivity index (χ0) is 35.8. The van der Waals surface area contributed by atoms with E-state index in [2.05, 4.69) is 13.8 Å². The van der Waals surface area contributed by atoms with Crippen LogP contribution in [0.5, 0.6) is 11.5 Å². The van der Waals surface area contributed by atoms with Crippen molar-refractivity contribution in [3.8, 4) is 11.5 Å². The maximum Gasteiger partial charge on any atom is 0.306 e. The van der Waals surface area contributed by atoms with Gasteiger partial charge < -0.3 is 28.4 Å². The molecule has 50 heavy (non-hydrogen) atoms. The van der Waals surface area contributed by atoms with Gasteiger partial charge in [0.1, 0.15) is 24.7 Å². The van der Waals surface area contributed by atoms with Crippen molar-refractivity contribution in [1.29, 1.82) is 0 Å². The molecule has 3 aromatic carbocycles. The molecule has 0 aliphatic carbocycles. The molecule has 0 aromatic heterocycles. The Morgan fingerprint density at radius 2 is 0.840 bits per heavy atom. The van der Waals surface area contributed by atoms with E-state index < -0.39 is 12.2 Å². The van der Waals surface area contributed by atoms with Gasteiger partial charge in [0.15, 0.2) is 12.2 Å². The lowest BCUT2D eigenvalue weighted by Crippen LogP contribution is -2.30. The quantitative estimate of drug-likeness (QED) is 0.0422. The number of hydrogen-bond acceptors (Lipinski definition) is 8. The molecule has 0 N–H and O–H groups in total. The smallest absolute Gasteiger partial charge is 0.306 e. The van der Waals surface area contributed by atoms with Gasteiger partial charge in [0, 0.05) is 47.6 Å². The van der Waals surface area contributed by atoms with Gasteiger partial charge in [-0.15, -0.1) is 0 Å². The number of unbranched alkanes of at least 4 members (excludes halogenated alkanes) is 8. The van der Waals surface area contributed by atoms with Crippen molar-refractivity contribution >= 4 is 33.5 Å². The number of carbonyl (C=O) groups is 2. The number of fused-ring (bicyclic) bond motifs is 2. The van der Waals surface area contributed by atoms with Crippen LogP contribution in [0.1, 0.15) is 118 Å². The highest BCUT2D eigenvalue weighted by Gasteiger charge is 2.22. The molecule has 0 aliphatic heterocycles. The first-order chi connectivity index (χ1) is 24.5. The molecular formula is C42H62O8. The summed E-state index contributed by atoms with van der Waals surface area (Å²) in [4.78, 5) is 25.0. The molecule has 0 aliphatic rings. The van der Waals surface area contributed by atoms with Crippen molar-refractivity contribution in [1.82, 2.24) is 0 Å². The fraction of sp³-hybridized carbons (Fsp3) is 0.619. The summed E-state index contributed by atoms with van der Waals surface area (Å²) in [6.45, 7) is 10.5. The molecule has 0 heterocycles. The van der Waals surface area contributed by atoms with Gasteiger partial charge in [0.05, 0.1) is 13.2 Å². The van der Waals surface area contributed by atoms with E-state index >= 15 is 0 Å². The van der Waals surface area contributed by atoms with Crippen LogP contribution in [0.3, 0.4) is 0 Å². The van der Waals surface area contributed by atoms with Crippen LogP contribution in [0.4, 0.5) is 0 Å². The molecule has 8 nitrogen and oxygen atoms in total. The molecule has 2 unspecified atom stereocenters. The highest BCUT2D eigenvalue weighted by atomic mass is 16.6. The summed E-state index contributed by atoms with van der Waals surface area (Å²) in [5.41, 5.74) is 0. The third-order valence-corrected chi connectivity index (χ3v) is 8.56. The van der Waals surface area contributed by atoms with Gasteiger partial charge in [-0.1, -0.05) is 128 Å². The number of carbonyl (C=O) groups excluding carboxylic acids is 2. The summed E-state index contributed by atoms with van der Waals surface area (Å²) in [6, 6.07) is 15.9. The van der Waals surface area contributed by atoms with Crippen molar-refractivity contribution in [2.24, 2.45) is 0 Å². The van der Waals surface area contributed by atoms with Crippen molar-refractivity contribution in [2.75, 3.05) is 39.6 Å². The standard InChI is InChI=1S/C42H62O8/c1-5-9-11-13-19-27-45-29-33(49-39(43)21-7-3)31-47-41-35-23-15-17-25-37(35)42(38-26-18-16-24-36(38)41)48-32-34(50-40(44)22-8-4)30-46-28-20-14-12-10-6-2/h15-18,23-26,33-34H,5-14,19-22,27-32H2,1-4H3. The highest BCUT2D eigenvalue weighted by Crippen LogP contribution is 2.42. The molecule has 0 radical (unpaired) electrons. The van der Waals surface area contributed by atoms with E-state index in [1.807, 2.05) is 62.4 Å². The lowest BCUT2D eigenvalue weighted by Gasteiger charge is -2.23. The summed E-state index contributed by atoms with van der Waals surface area (Å²) in [6.07, 6.45) is 12.6. The van der Waals surface area contributed by atoms with Crippen molar-refractivity contribution < 1.29 is 38.0 Å². The van der Waals surface area contributed by atoms with Crippen LogP contribution in [-0.2, 0) is 28.5 Å². The first-order valence-electron chi connectivity index (χ1n) is 19.3. The lowest BCUT2D eigenvalue weighted by molar-refractivity contribution is -0.155. The number of rotatable bonds is 28. The van der Waals surface area contributed by atoms with Crippen LogP contribution >= 0.6 is 0 Å².